The highest BCUT2D eigenvalue weighted by Crippen LogP contribution is 2.32. The van der Waals surface area contributed by atoms with Gasteiger partial charge in [-0.1, -0.05) is 65.7 Å². The van der Waals surface area contributed by atoms with E-state index in [1.165, 1.54) is 11.6 Å². The van der Waals surface area contributed by atoms with Gasteiger partial charge in [-0.3, -0.25) is 4.90 Å². The summed E-state index contributed by atoms with van der Waals surface area (Å²) in [4.78, 5) is 2.38. The highest BCUT2D eigenvalue weighted by molar-refractivity contribution is 6.32. The van der Waals surface area contributed by atoms with Crippen LogP contribution in [0.15, 0.2) is 66.7 Å². The van der Waals surface area contributed by atoms with Gasteiger partial charge in [0.05, 0.1) is 22.8 Å². The van der Waals surface area contributed by atoms with Crippen molar-refractivity contribution in [2.45, 2.75) is 19.3 Å². The van der Waals surface area contributed by atoms with Gasteiger partial charge in [0.25, 0.3) is 0 Å². The summed E-state index contributed by atoms with van der Waals surface area (Å²) in [6.07, 6.45) is -0.0602. The van der Waals surface area contributed by atoms with Crippen molar-refractivity contribution < 1.29 is 13.9 Å². The van der Waals surface area contributed by atoms with E-state index in [-0.39, 0.29) is 12.7 Å². The largest absolute Gasteiger partial charge is 0.487 e. The zero-order valence-electron chi connectivity index (χ0n) is 16.4. The van der Waals surface area contributed by atoms with E-state index in [4.69, 9.17) is 32.7 Å². The van der Waals surface area contributed by atoms with Crippen molar-refractivity contribution in [3.05, 3.63) is 99.3 Å². The maximum absolute atomic E-state index is 13.9. The second kappa shape index (κ2) is 9.80. The molecule has 1 aliphatic rings. The van der Waals surface area contributed by atoms with Gasteiger partial charge in [0.15, 0.2) is 0 Å². The lowest BCUT2D eigenvalue weighted by Gasteiger charge is -2.33. The maximum atomic E-state index is 13.9. The molecule has 0 spiro atoms. The van der Waals surface area contributed by atoms with E-state index in [9.17, 15) is 4.39 Å². The summed E-state index contributed by atoms with van der Waals surface area (Å²) < 4.78 is 25.6. The Morgan fingerprint density at radius 1 is 1.00 bits per heavy atom. The number of hydrogen-bond acceptors (Lipinski definition) is 3. The lowest BCUT2D eigenvalue weighted by Crippen LogP contribution is -2.37. The van der Waals surface area contributed by atoms with Crippen LogP contribution in [0.3, 0.4) is 0 Å². The van der Waals surface area contributed by atoms with Crippen molar-refractivity contribution in [1.29, 1.82) is 0 Å². The average Bonchev–Trinajstić information content (AvgIpc) is 2.75. The first-order chi connectivity index (χ1) is 14.6. The highest BCUT2D eigenvalue weighted by Gasteiger charge is 2.23. The van der Waals surface area contributed by atoms with Crippen molar-refractivity contribution >= 4 is 23.2 Å². The van der Waals surface area contributed by atoms with Gasteiger partial charge in [0, 0.05) is 25.2 Å². The van der Waals surface area contributed by atoms with Crippen LogP contribution in [0.4, 0.5) is 4.39 Å². The summed E-state index contributed by atoms with van der Waals surface area (Å²) in [5, 5.41) is 0.792. The quantitative estimate of drug-likeness (QED) is 0.445. The minimum Gasteiger partial charge on any atom is -0.487 e. The molecule has 1 fully saturated rings. The monoisotopic (exact) mass is 445 g/mol. The van der Waals surface area contributed by atoms with Gasteiger partial charge in [-0.2, -0.15) is 0 Å². The summed E-state index contributed by atoms with van der Waals surface area (Å²) >= 11 is 12.5. The molecule has 156 valence electrons. The molecule has 0 radical (unpaired) electrons. The minimum absolute atomic E-state index is 0.00928. The predicted octanol–water partition coefficient (Wildman–Crippen LogP) is 6.29. The number of morpholine rings is 1. The van der Waals surface area contributed by atoms with Gasteiger partial charge >= 0.3 is 0 Å². The molecular formula is C24H22Cl2FNO2. The van der Waals surface area contributed by atoms with Crippen LogP contribution in [0.25, 0.3) is 0 Å². The number of hydrogen-bond donors (Lipinski definition) is 0. The molecule has 30 heavy (non-hydrogen) atoms. The molecule has 3 aromatic carbocycles. The van der Waals surface area contributed by atoms with Gasteiger partial charge in [-0.15, -0.1) is 0 Å². The van der Waals surface area contributed by atoms with Crippen LogP contribution in [-0.2, 0) is 17.9 Å². The van der Waals surface area contributed by atoms with Crippen LogP contribution in [0.5, 0.6) is 5.75 Å². The highest BCUT2D eigenvalue weighted by atomic mass is 35.5. The topological polar surface area (TPSA) is 21.7 Å². The Hall–Kier alpha value is -2.11. The molecule has 1 unspecified atom stereocenters. The van der Waals surface area contributed by atoms with E-state index >= 15 is 0 Å². The molecule has 6 heteroatoms. The fourth-order valence-corrected chi connectivity index (χ4v) is 4.01. The minimum atomic E-state index is -0.399. The normalized spacial score (nSPS) is 17.1. The molecule has 1 atom stereocenters. The lowest BCUT2D eigenvalue weighted by atomic mass is 10.1. The molecule has 0 aliphatic carbocycles. The number of benzene rings is 3. The Morgan fingerprint density at radius 3 is 2.60 bits per heavy atom. The number of nitrogens with zero attached hydrogens (tertiary/aromatic N) is 1. The van der Waals surface area contributed by atoms with Gasteiger partial charge in [-0.05, 0) is 35.4 Å². The zero-order valence-corrected chi connectivity index (χ0v) is 17.9. The molecule has 1 aliphatic heterocycles. The third-order valence-corrected chi connectivity index (χ3v) is 5.81. The number of rotatable bonds is 6. The Labute approximate surface area is 185 Å². The van der Waals surface area contributed by atoms with Crippen LogP contribution >= 0.6 is 23.2 Å². The van der Waals surface area contributed by atoms with Crippen LogP contribution in [0.2, 0.25) is 10.0 Å². The fraction of sp³-hybridized carbons (Fsp3) is 0.250. The Balaban J connectivity index is 1.41. The molecule has 3 nitrogen and oxygen atoms in total. The number of halogens is 3. The SMILES string of the molecule is Fc1cccc(Cl)c1COc1ccc(C2CN(Cc3ccccc3)CCO2)cc1Cl. The Kier molecular flexibility index (Phi) is 6.90. The molecule has 0 bridgehead atoms. The third-order valence-electron chi connectivity index (χ3n) is 5.16. The van der Waals surface area contributed by atoms with E-state index in [0.29, 0.717) is 28.0 Å². The second-order valence-corrected chi connectivity index (χ2v) is 8.07. The Morgan fingerprint density at radius 2 is 1.83 bits per heavy atom. The smallest absolute Gasteiger partial charge is 0.138 e. The summed E-state index contributed by atoms with van der Waals surface area (Å²) in [7, 11) is 0. The zero-order chi connectivity index (χ0) is 20.9. The van der Waals surface area contributed by atoms with Crippen LogP contribution in [-0.4, -0.2) is 24.6 Å². The van der Waals surface area contributed by atoms with E-state index in [0.717, 1.165) is 25.2 Å². The molecule has 0 N–H and O–H groups in total. The van der Waals surface area contributed by atoms with Crippen LogP contribution in [0.1, 0.15) is 22.8 Å². The van der Waals surface area contributed by atoms with Gasteiger partial charge < -0.3 is 9.47 Å². The van der Waals surface area contributed by atoms with Crippen molar-refractivity contribution in [1.82, 2.24) is 4.90 Å². The van der Waals surface area contributed by atoms with Gasteiger partial charge in [0.1, 0.15) is 18.2 Å². The van der Waals surface area contributed by atoms with Crippen LogP contribution in [0, 0.1) is 5.82 Å². The van der Waals surface area contributed by atoms with Crippen molar-refractivity contribution in [3.8, 4) is 5.75 Å². The van der Waals surface area contributed by atoms with E-state index < -0.39 is 5.82 Å². The standard InChI is InChI=1S/C24H22Cl2FNO2/c25-20-7-4-8-22(27)19(20)16-30-23-10-9-18(13-21(23)26)24-15-28(11-12-29-24)14-17-5-2-1-3-6-17/h1-10,13,24H,11-12,14-16H2. The first-order valence-electron chi connectivity index (χ1n) is 9.83. The molecule has 4 rings (SSSR count). The molecule has 0 saturated carbocycles. The average molecular weight is 446 g/mol. The summed E-state index contributed by atoms with van der Waals surface area (Å²) in [5.41, 5.74) is 2.59. The summed E-state index contributed by atoms with van der Waals surface area (Å²) in [6.45, 7) is 3.24. The molecule has 0 amide bonds. The third kappa shape index (κ3) is 5.13. The molecule has 0 aromatic heterocycles. The first kappa shape index (κ1) is 21.1. The van der Waals surface area contributed by atoms with Crippen LogP contribution < -0.4 is 4.74 Å². The van der Waals surface area contributed by atoms with Crippen molar-refractivity contribution in [2.24, 2.45) is 0 Å². The van der Waals surface area contributed by atoms with Gasteiger partial charge in [0.2, 0.25) is 0 Å². The summed E-state index contributed by atoms with van der Waals surface area (Å²) in [6, 6.07) is 20.6. The molecule has 3 aromatic rings. The first-order valence-corrected chi connectivity index (χ1v) is 10.6. The van der Waals surface area contributed by atoms with E-state index in [2.05, 4.69) is 29.2 Å². The number of ether oxygens (including phenoxy) is 2. The predicted molar refractivity (Wildman–Crippen MR) is 118 cm³/mol. The molecule has 1 saturated heterocycles. The lowest BCUT2D eigenvalue weighted by molar-refractivity contribution is -0.0329. The van der Waals surface area contributed by atoms with Crippen molar-refractivity contribution in [3.63, 3.8) is 0 Å². The molecular weight excluding hydrogens is 424 g/mol. The summed E-state index contributed by atoms with van der Waals surface area (Å²) in [5.74, 6) is 0.0843. The van der Waals surface area contributed by atoms with Crippen molar-refractivity contribution in [2.75, 3.05) is 19.7 Å². The Bertz CT molecular complexity index is 980. The van der Waals surface area contributed by atoms with E-state index in [1.54, 1.807) is 18.2 Å². The van der Waals surface area contributed by atoms with E-state index in [1.807, 2.05) is 18.2 Å². The second-order valence-electron chi connectivity index (χ2n) is 7.26. The fourth-order valence-electron chi connectivity index (χ4n) is 3.54. The van der Waals surface area contributed by atoms with Gasteiger partial charge in [-0.25, -0.2) is 4.39 Å². The molecule has 1 heterocycles. The maximum Gasteiger partial charge on any atom is 0.138 e.